The molecule has 0 aliphatic carbocycles. The molecule has 2 heterocycles. The Hall–Kier alpha value is -1.40. The van der Waals surface area contributed by atoms with Gasteiger partial charge in [0, 0.05) is 17.7 Å². The molecule has 0 unspecified atom stereocenters. The van der Waals surface area contributed by atoms with Crippen molar-refractivity contribution in [3.05, 3.63) is 59.6 Å². The van der Waals surface area contributed by atoms with E-state index in [2.05, 4.69) is 4.98 Å². The number of aromatic nitrogens is 2. The molecule has 3 aromatic rings. The highest BCUT2D eigenvalue weighted by Crippen LogP contribution is 2.31. The van der Waals surface area contributed by atoms with Gasteiger partial charge in [-0.3, -0.25) is 0 Å². The first-order valence-corrected chi connectivity index (χ1v) is 6.71. The Kier molecular flexibility index (Phi) is 5.00. The van der Waals surface area contributed by atoms with Gasteiger partial charge in [0.1, 0.15) is 18.5 Å². The van der Waals surface area contributed by atoms with E-state index in [0.717, 1.165) is 22.6 Å². The molecule has 0 N–H and O–H groups in total. The molecular weight excluding hydrogens is 399 g/mol. The Morgan fingerprint density at radius 3 is 2.43 bits per heavy atom. The smallest absolute Gasteiger partial charge is 0.228 e. The summed E-state index contributed by atoms with van der Waals surface area (Å²) in [6, 6.07) is 11.6. The number of pyridine rings is 1. The van der Waals surface area contributed by atoms with E-state index in [1.807, 2.05) is 67.3 Å². The molecule has 0 radical (unpaired) electrons. The van der Waals surface area contributed by atoms with E-state index in [1.54, 1.807) is 0 Å². The van der Waals surface area contributed by atoms with Crippen molar-refractivity contribution in [3.63, 3.8) is 0 Å². The first-order chi connectivity index (χ1) is 9.65. The Morgan fingerprint density at radius 2 is 1.76 bits per heavy atom. The highest BCUT2D eigenvalue weighted by Gasteiger charge is 2.15. The van der Waals surface area contributed by atoms with Crippen LogP contribution in [-0.4, -0.2) is 4.98 Å². The molecule has 0 saturated heterocycles. The molecule has 21 heavy (non-hydrogen) atoms. The van der Waals surface area contributed by atoms with E-state index >= 15 is 0 Å². The molecule has 0 bridgehead atoms. The Labute approximate surface area is 145 Å². The standard InChI is InChI=1S/C16H14ClN2O.HI/c1-11-15(12-7-9-19(2)10-8-12)18-16(20-11)13-5-3-4-6-14(13)17;/h3-10H,1-2H3;1H/q+1;/p-1. The summed E-state index contributed by atoms with van der Waals surface area (Å²) in [7, 11) is 1.98. The third-order valence-electron chi connectivity index (χ3n) is 3.15. The summed E-state index contributed by atoms with van der Waals surface area (Å²) in [6.45, 7) is 1.91. The predicted molar refractivity (Wildman–Crippen MR) is 78.3 cm³/mol. The molecule has 3 rings (SSSR count). The zero-order valence-electron chi connectivity index (χ0n) is 11.7. The fraction of sp³-hybridized carbons (Fsp3) is 0.125. The molecule has 5 heteroatoms. The van der Waals surface area contributed by atoms with Crippen molar-refractivity contribution in [1.82, 2.24) is 4.98 Å². The largest absolute Gasteiger partial charge is 1.00 e. The maximum absolute atomic E-state index is 6.18. The van der Waals surface area contributed by atoms with Crippen LogP contribution in [0.5, 0.6) is 0 Å². The minimum Gasteiger partial charge on any atom is -1.00 e. The molecule has 2 aromatic heterocycles. The molecule has 0 saturated carbocycles. The third-order valence-corrected chi connectivity index (χ3v) is 3.48. The SMILES string of the molecule is Cc1oc(-c2ccccc2Cl)nc1-c1cc[n+](C)cc1.[I-]. The number of benzene rings is 1. The summed E-state index contributed by atoms with van der Waals surface area (Å²) in [5.41, 5.74) is 2.69. The molecule has 0 fully saturated rings. The van der Waals surface area contributed by atoms with Gasteiger partial charge in [-0.05, 0) is 19.1 Å². The highest BCUT2D eigenvalue weighted by atomic mass is 127. The first-order valence-electron chi connectivity index (χ1n) is 6.33. The fourth-order valence-corrected chi connectivity index (χ4v) is 2.29. The van der Waals surface area contributed by atoms with Gasteiger partial charge in [-0.15, -0.1) is 0 Å². The van der Waals surface area contributed by atoms with Crippen molar-refractivity contribution < 1.29 is 33.0 Å². The fourth-order valence-electron chi connectivity index (χ4n) is 2.07. The van der Waals surface area contributed by atoms with E-state index in [9.17, 15) is 0 Å². The number of oxazole rings is 1. The Bertz CT molecular complexity index is 753. The number of aryl methyl sites for hydroxylation is 2. The minimum atomic E-state index is 0. The molecule has 0 aliphatic rings. The Morgan fingerprint density at radius 1 is 1.10 bits per heavy atom. The lowest BCUT2D eigenvalue weighted by atomic mass is 10.2. The number of rotatable bonds is 2. The molecule has 0 aliphatic heterocycles. The van der Waals surface area contributed by atoms with Crippen LogP contribution in [0.15, 0.2) is 53.2 Å². The van der Waals surface area contributed by atoms with E-state index in [1.165, 1.54) is 0 Å². The zero-order valence-corrected chi connectivity index (χ0v) is 14.6. The number of hydrogen-bond donors (Lipinski definition) is 0. The van der Waals surface area contributed by atoms with Gasteiger partial charge in [-0.1, -0.05) is 23.7 Å². The first kappa shape index (κ1) is 16.0. The molecule has 3 nitrogen and oxygen atoms in total. The maximum Gasteiger partial charge on any atom is 0.228 e. The second-order valence-electron chi connectivity index (χ2n) is 4.66. The van der Waals surface area contributed by atoms with Gasteiger partial charge in [0.15, 0.2) is 12.4 Å². The zero-order chi connectivity index (χ0) is 14.1. The summed E-state index contributed by atoms with van der Waals surface area (Å²) in [6.07, 6.45) is 3.97. The summed E-state index contributed by atoms with van der Waals surface area (Å²) < 4.78 is 7.74. The van der Waals surface area contributed by atoms with Gasteiger partial charge in [-0.25, -0.2) is 9.55 Å². The average molecular weight is 413 g/mol. The molecule has 0 atom stereocenters. The van der Waals surface area contributed by atoms with Crippen molar-refractivity contribution >= 4 is 11.6 Å². The number of nitrogens with zero attached hydrogens (tertiary/aromatic N) is 2. The molecule has 0 amide bonds. The maximum atomic E-state index is 6.18. The van der Waals surface area contributed by atoms with E-state index < -0.39 is 0 Å². The van der Waals surface area contributed by atoms with Crippen LogP contribution in [0.2, 0.25) is 5.02 Å². The van der Waals surface area contributed by atoms with Crippen LogP contribution in [0.3, 0.4) is 0 Å². The third kappa shape index (κ3) is 3.27. The van der Waals surface area contributed by atoms with Crippen LogP contribution in [0, 0.1) is 6.92 Å². The van der Waals surface area contributed by atoms with Crippen LogP contribution < -0.4 is 28.5 Å². The van der Waals surface area contributed by atoms with Crippen LogP contribution in [0.25, 0.3) is 22.7 Å². The lowest BCUT2D eigenvalue weighted by Gasteiger charge is -1.97. The molecule has 108 valence electrons. The predicted octanol–water partition coefficient (Wildman–Crippen LogP) is 0.799. The van der Waals surface area contributed by atoms with Gasteiger partial charge in [-0.2, -0.15) is 0 Å². The van der Waals surface area contributed by atoms with Gasteiger partial charge >= 0.3 is 0 Å². The van der Waals surface area contributed by atoms with Gasteiger partial charge in [0.2, 0.25) is 5.89 Å². The van der Waals surface area contributed by atoms with Crippen LogP contribution >= 0.6 is 11.6 Å². The summed E-state index contributed by atoms with van der Waals surface area (Å²) in [5, 5.41) is 0.639. The number of halogens is 2. The van der Waals surface area contributed by atoms with Crippen molar-refractivity contribution in [1.29, 1.82) is 0 Å². The lowest BCUT2D eigenvalue weighted by molar-refractivity contribution is -0.671. The molecule has 0 spiro atoms. The second-order valence-corrected chi connectivity index (χ2v) is 5.06. The average Bonchev–Trinajstić information content (AvgIpc) is 2.82. The van der Waals surface area contributed by atoms with Crippen molar-refractivity contribution in [2.75, 3.05) is 0 Å². The van der Waals surface area contributed by atoms with Crippen molar-refractivity contribution in [2.24, 2.45) is 7.05 Å². The lowest BCUT2D eigenvalue weighted by Crippen LogP contribution is -3.00. The normalized spacial score (nSPS) is 10.2. The summed E-state index contributed by atoms with van der Waals surface area (Å²) in [4.78, 5) is 4.58. The van der Waals surface area contributed by atoms with E-state index in [0.29, 0.717) is 10.9 Å². The summed E-state index contributed by atoms with van der Waals surface area (Å²) in [5.74, 6) is 1.34. The molecular formula is C16H14ClIN2O. The van der Waals surface area contributed by atoms with E-state index in [-0.39, 0.29) is 24.0 Å². The molecule has 1 aromatic carbocycles. The van der Waals surface area contributed by atoms with Gasteiger partial charge in [0.25, 0.3) is 0 Å². The quantitative estimate of drug-likeness (QED) is 0.460. The van der Waals surface area contributed by atoms with Crippen LogP contribution in [0.1, 0.15) is 5.76 Å². The second kappa shape index (κ2) is 6.58. The van der Waals surface area contributed by atoms with Gasteiger partial charge < -0.3 is 28.4 Å². The topological polar surface area (TPSA) is 29.9 Å². The van der Waals surface area contributed by atoms with Crippen LogP contribution in [0.4, 0.5) is 0 Å². The number of hydrogen-bond acceptors (Lipinski definition) is 2. The summed E-state index contributed by atoms with van der Waals surface area (Å²) >= 11 is 6.18. The van der Waals surface area contributed by atoms with Crippen molar-refractivity contribution in [2.45, 2.75) is 6.92 Å². The monoisotopic (exact) mass is 412 g/mol. The van der Waals surface area contributed by atoms with E-state index in [4.69, 9.17) is 16.0 Å². The minimum absolute atomic E-state index is 0. The van der Waals surface area contributed by atoms with Crippen molar-refractivity contribution in [3.8, 4) is 22.7 Å². The Balaban J connectivity index is 0.00000161. The van der Waals surface area contributed by atoms with Gasteiger partial charge in [0.05, 0.1) is 10.6 Å². The van der Waals surface area contributed by atoms with Crippen LogP contribution in [-0.2, 0) is 7.05 Å². The highest BCUT2D eigenvalue weighted by molar-refractivity contribution is 6.33.